The van der Waals surface area contributed by atoms with Crippen LogP contribution in [0.3, 0.4) is 0 Å². The maximum atomic E-state index is 13.9. The van der Waals surface area contributed by atoms with Crippen molar-refractivity contribution in [2.24, 2.45) is 17.8 Å². The normalized spacial score (nSPS) is 34.3. The van der Waals surface area contributed by atoms with Crippen molar-refractivity contribution in [1.29, 1.82) is 0 Å². The van der Waals surface area contributed by atoms with Crippen molar-refractivity contribution in [2.75, 3.05) is 39.8 Å². The summed E-state index contributed by atoms with van der Waals surface area (Å²) in [6.45, 7) is 14.5. The van der Waals surface area contributed by atoms with Gasteiger partial charge in [0.1, 0.15) is 11.6 Å². The molecule has 184 valence electrons. The van der Waals surface area contributed by atoms with Crippen LogP contribution in [0.2, 0.25) is 0 Å². The molecule has 0 aliphatic carbocycles. The Morgan fingerprint density at radius 3 is 2.52 bits per heavy atom. The monoisotopic (exact) mass is 461 g/mol. The first-order chi connectivity index (χ1) is 15.6. The average Bonchev–Trinajstić information content (AvgIpc) is 3.28. The molecule has 8 nitrogen and oxygen atoms in total. The second-order valence-electron chi connectivity index (χ2n) is 9.89. The topological polar surface area (TPSA) is 90.4 Å². The number of hydrogen-bond acceptors (Lipinski definition) is 5. The Kier molecular flexibility index (Phi) is 7.39. The van der Waals surface area contributed by atoms with E-state index in [1.165, 1.54) is 4.90 Å². The number of hydrogen-bond donors (Lipinski definition) is 1. The Morgan fingerprint density at radius 1 is 1.27 bits per heavy atom. The highest BCUT2D eigenvalue weighted by Crippen LogP contribution is 2.65. The van der Waals surface area contributed by atoms with Gasteiger partial charge in [0.2, 0.25) is 17.7 Å². The summed E-state index contributed by atoms with van der Waals surface area (Å²) < 4.78 is 6.67. The summed E-state index contributed by atoms with van der Waals surface area (Å²) in [5.74, 6) is -2.11. The molecule has 8 heteroatoms. The molecule has 0 saturated carbocycles. The lowest BCUT2D eigenvalue weighted by molar-refractivity contribution is -0.154. The predicted molar refractivity (Wildman–Crippen MR) is 125 cm³/mol. The van der Waals surface area contributed by atoms with E-state index in [4.69, 9.17) is 4.74 Å². The number of rotatable bonds is 11. The van der Waals surface area contributed by atoms with Gasteiger partial charge < -0.3 is 24.5 Å². The molecule has 3 unspecified atom stereocenters. The number of likely N-dealkylation sites (N-methyl/N-ethyl adjacent to an activating group) is 1. The SMILES string of the molecule is C=CCN(C)C(=O)[C@@H]1[C@H]2C(=O)N(CCO)C(C(=O)N(CC=C)CCCC)C23CC(C)[C@@]1(C)O3. The van der Waals surface area contributed by atoms with E-state index in [2.05, 4.69) is 20.1 Å². The second kappa shape index (κ2) is 9.58. The number of aliphatic hydroxyl groups excluding tert-OH is 1. The van der Waals surface area contributed by atoms with Gasteiger partial charge >= 0.3 is 0 Å². The molecular formula is C25H39N3O5. The molecule has 3 saturated heterocycles. The summed E-state index contributed by atoms with van der Waals surface area (Å²) in [5, 5.41) is 9.73. The van der Waals surface area contributed by atoms with E-state index in [-0.39, 0.29) is 36.8 Å². The third-order valence-electron chi connectivity index (χ3n) is 7.88. The first-order valence-electron chi connectivity index (χ1n) is 12.0. The fourth-order valence-electron chi connectivity index (χ4n) is 6.23. The number of fused-ring (bicyclic) bond motifs is 1. The highest BCUT2D eigenvalue weighted by Gasteiger charge is 2.80. The van der Waals surface area contributed by atoms with Crippen LogP contribution in [-0.2, 0) is 19.1 Å². The molecule has 3 aliphatic rings. The minimum Gasteiger partial charge on any atom is -0.395 e. The molecule has 3 amide bonds. The van der Waals surface area contributed by atoms with Gasteiger partial charge in [-0.15, -0.1) is 13.2 Å². The largest absolute Gasteiger partial charge is 0.395 e. The molecule has 2 bridgehead atoms. The maximum absolute atomic E-state index is 13.9. The predicted octanol–water partition coefficient (Wildman–Crippen LogP) is 1.45. The summed E-state index contributed by atoms with van der Waals surface area (Å²) in [6, 6.07) is -0.870. The Balaban J connectivity index is 2.08. The maximum Gasteiger partial charge on any atom is 0.248 e. The number of aliphatic hydroxyl groups is 1. The number of unbranched alkanes of at least 4 members (excludes halogenated alkanes) is 1. The van der Waals surface area contributed by atoms with E-state index in [0.717, 1.165) is 12.8 Å². The molecule has 0 radical (unpaired) electrons. The molecule has 1 N–H and O–H groups in total. The summed E-state index contributed by atoms with van der Waals surface area (Å²) in [4.78, 5) is 46.0. The highest BCUT2D eigenvalue weighted by atomic mass is 16.5. The van der Waals surface area contributed by atoms with Crippen LogP contribution in [0.1, 0.15) is 40.0 Å². The molecule has 33 heavy (non-hydrogen) atoms. The van der Waals surface area contributed by atoms with Crippen molar-refractivity contribution in [2.45, 2.75) is 57.3 Å². The number of ether oxygens (including phenoxy) is 1. The van der Waals surface area contributed by atoms with Crippen molar-refractivity contribution < 1.29 is 24.2 Å². The molecule has 0 aromatic heterocycles. The summed E-state index contributed by atoms with van der Waals surface area (Å²) in [6.07, 6.45) is 5.61. The Morgan fingerprint density at radius 2 is 1.94 bits per heavy atom. The minimum absolute atomic E-state index is 0.0134. The third-order valence-corrected chi connectivity index (χ3v) is 7.88. The zero-order valence-electron chi connectivity index (χ0n) is 20.5. The van der Waals surface area contributed by atoms with Crippen molar-refractivity contribution >= 4 is 17.7 Å². The van der Waals surface area contributed by atoms with Crippen molar-refractivity contribution in [1.82, 2.24) is 14.7 Å². The van der Waals surface area contributed by atoms with Crippen LogP contribution in [0.25, 0.3) is 0 Å². The lowest BCUT2D eigenvalue weighted by Crippen LogP contribution is -2.57. The van der Waals surface area contributed by atoms with Crippen LogP contribution < -0.4 is 0 Å². The molecule has 3 fully saturated rings. The molecule has 0 aromatic carbocycles. The molecule has 0 aromatic rings. The van der Waals surface area contributed by atoms with Gasteiger partial charge in [-0.1, -0.05) is 32.4 Å². The van der Waals surface area contributed by atoms with Crippen LogP contribution in [0.4, 0.5) is 0 Å². The number of carbonyl (C=O) groups is 3. The van der Waals surface area contributed by atoms with E-state index in [1.54, 1.807) is 29.0 Å². The minimum atomic E-state index is -1.08. The number of amides is 3. The van der Waals surface area contributed by atoms with Gasteiger partial charge in [0.05, 0.1) is 24.0 Å². The number of carbonyl (C=O) groups excluding carboxylic acids is 3. The van der Waals surface area contributed by atoms with Crippen molar-refractivity contribution in [3.63, 3.8) is 0 Å². The fraction of sp³-hybridized carbons (Fsp3) is 0.720. The van der Waals surface area contributed by atoms with E-state index in [1.807, 2.05) is 13.8 Å². The number of likely N-dealkylation sites (tertiary alicyclic amines) is 1. The lowest BCUT2D eigenvalue weighted by Gasteiger charge is -2.38. The molecule has 3 heterocycles. The summed E-state index contributed by atoms with van der Waals surface area (Å²) in [7, 11) is 1.70. The summed E-state index contributed by atoms with van der Waals surface area (Å²) in [5.41, 5.74) is -1.93. The molecular weight excluding hydrogens is 422 g/mol. The number of β-amino-alcohol motifs (C(OH)–C–C–N with tert-alkyl or cyclic N) is 1. The third kappa shape index (κ3) is 3.81. The van der Waals surface area contributed by atoms with E-state index < -0.39 is 29.1 Å². The highest BCUT2D eigenvalue weighted by molar-refractivity contribution is 5.99. The molecule has 3 rings (SSSR count). The van der Waals surface area contributed by atoms with E-state index >= 15 is 0 Å². The first-order valence-corrected chi connectivity index (χ1v) is 12.0. The van der Waals surface area contributed by atoms with Crippen LogP contribution in [0.15, 0.2) is 25.3 Å². The van der Waals surface area contributed by atoms with Crippen LogP contribution in [0.5, 0.6) is 0 Å². The Bertz CT molecular complexity index is 816. The van der Waals surface area contributed by atoms with E-state index in [9.17, 15) is 19.5 Å². The van der Waals surface area contributed by atoms with Gasteiger partial charge in [0.15, 0.2) is 0 Å². The zero-order valence-corrected chi connectivity index (χ0v) is 20.5. The van der Waals surface area contributed by atoms with Gasteiger partial charge in [-0.2, -0.15) is 0 Å². The Hall–Kier alpha value is -2.19. The van der Waals surface area contributed by atoms with Gasteiger partial charge in [0, 0.05) is 33.2 Å². The second-order valence-corrected chi connectivity index (χ2v) is 9.89. The van der Waals surface area contributed by atoms with Crippen LogP contribution >= 0.6 is 0 Å². The molecule has 1 spiro atoms. The van der Waals surface area contributed by atoms with Gasteiger partial charge in [-0.05, 0) is 25.7 Å². The van der Waals surface area contributed by atoms with Crippen molar-refractivity contribution in [3.05, 3.63) is 25.3 Å². The fourth-order valence-corrected chi connectivity index (χ4v) is 6.23. The molecule has 6 atom stereocenters. The van der Waals surface area contributed by atoms with Gasteiger partial charge in [0.25, 0.3) is 0 Å². The van der Waals surface area contributed by atoms with Gasteiger partial charge in [-0.25, -0.2) is 0 Å². The summed E-state index contributed by atoms with van der Waals surface area (Å²) >= 11 is 0. The lowest BCUT2D eigenvalue weighted by atomic mass is 9.62. The smallest absolute Gasteiger partial charge is 0.248 e. The Labute approximate surface area is 197 Å². The zero-order chi connectivity index (χ0) is 24.6. The standard InChI is InChI=1S/C25H39N3O5/c1-7-10-13-27(12-9-3)23(32)20-25-16-17(4)24(5,33-25)18(21(30)26(6)11-8-2)19(25)22(31)28(20)14-15-29/h8-9,17-20,29H,2-3,7,10-16H2,1,4-6H3/t17?,18-,19-,20?,24+,25?/m0/s1. The average molecular weight is 462 g/mol. The van der Waals surface area contributed by atoms with Crippen LogP contribution in [0, 0.1) is 17.8 Å². The van der Waals surface area contributed by atoms with Crippen molar-refractivity contribution in [3.8, 4) is 0 Å². The molecule has 3 aliphatic heterocycles. The first kappa shape index (κ1) is 25.4. The quantitative estimate of drug-likeness (QED) is 0.471. The van der Waals surface area contributed by atoms with E-state index in [0.29, 0.717) is 26.1 Å². The van der Waals surface area contributed by atoms with Crippen LogP contribution in [-0.4, -0.2) is 94.6 Å². The number of nitrogens with zero attached hydrogens (tertiary/aromatic N) is 3. The van der Waals surface area contributed by atoms with Gasteiger partial charge in [-0.3, -0.25) is 14.4 Å².